The molecule has 0 unspecified atom stereocenters. The molecule has 1 amide bonds. The van der Waals surface area contributed by atoms with Crippen LogP contribution in [-0.2, 0) is 11.2 Å². The van der Waals surface area contributed by atoms with Gasteiger partial charge in [0.1, 0.15) is 0 Å². The van der Waals surface area contributed by atoms with Gasteiger partial charge >= 0.3 is 0 Å². The van der Waals surface area contributed by atoms with Crippen LogP contribution in [0.15, 0.2) is 41.9 Å². The van der Waals surface area contributed by atoms with E-state index in [1.165, 1.54) is 11.3 Å². The summed E-state index contributed by atoms with van der Waals surface area (Å²) in [6.45, 7) is 0. The number of nitrogens with zero attached hydrogens (tertiary/aromatic N) is 2. The van der Waals surface area contributed by atoms with E-state index in [1.54, 1.807) is 18.1 Å². The van der Waals surface area contributed by atoms with Crippen molar-refractivity contribution in [1.29, 1.82) is 0 Å². The quantitative estimate of drug-likeness (QED) is 0.814. The van der Waals surface area contributed by atoms with Crippen molar-refractivity contribution in [3.8, 4) is 0 Å². The zero-order valence-corrected chi connectivity index (χ0v) is 9.78. The number of carbonyl (C=O) groups is 1. The molecule has 0 atom stereocenters. The Morgan fingerprint density at radius 1 is 1.38 bits per heavy atom. The lowest BCUT2D eigenvalue weighted by Crippen LogP contribution is -2.27. The van der Waals surface area contributed by atoms with Gasteiger partial charge in [0, 0.05) is 18.6 Å². The molecule has 16 heavy (non-hydrogen) atoms. The summed E-state index contributed by atoms with van der Waals surface area (Å²) in [5.74, 6) is 0.0566. The summed E-state index contributed by atoms with van der Waals surface area (Å²) < 4.78 is 0. The van der Waals surface area contributed by atoms with Crippen LogP contribution in [0.3, 0.4) is 0 Å². The van der Waals surface area contributed by atoms with Crippen LogP contribution in [0.4, 0.5) is 5.13 Å². The van der Waals surface area contributed by atoms with Crippen LogP contribution in [0, 0.1) is 0 Å². The second-order valence-corrected chi connectivity index (χ2v) is 4.30. The third-order valence-corrected chi connectivity index (χ3v) is 3.13. The summed E-state index contributed by atoms with van der Waals surface area (Å²) >= 11 is 1.46. The van der Waals surface area contributed by atoms with Gasteiger partial charge in [-0.25, -0.2) is 4.98 Å². The summed E-state index contributed by atoms with van der Waals surface area (Å²) in [6.07, 6.45) is 2.11. The van der Waals surface area contributed by atoms with Gasteiger partial charge in [-0.1, -0.05) is 30.3 Å². The molecule has 1 aromatic heterocycles. The third-order valence-electron chi connectivity index (χ3n) is 2.28. The predicted octanol–water partition coefficient (Wildman–Crippen LogP) is 2.35. The largest absolute Gasteiger partial charge is 0.291 e. The number of amides is 1. The second kappa shape index (κ2) is 4.90. The van der Waals surface area contributed by atoms with Crippen molar-refractivity contribution in [2.75, 3.05) is 11.9 Å². The normalized spacial score (nSPS) is 10.1. The van der Waals surface area contributed by atoms with Crippen molar-refractivity contribution in [1.82, 2.24) is 4.98 Å². The molecule has 2 rings (SSSR count). The maximum Gasteiger partial charge on any atom is 0.232 e. The minimum absolute atomic E-state index is 0.0566. The van der Waals surface area contributed by atoms with Gasteiger partial charge in [0.2, 0.25) is 5.91 Å². The molecular weight excluding hydrogens is 220 g/mol. The molecule has 0 fully saturated rings. The maximum atomic E-state index is 11.9. The first-order chi connectivity index (χ1) is 7.77. The first-order valence-corrected chi connectivity index (χ1v) is 5.85. The van der Waals surface area contributed by atoms with Crippen molar-refractivity contribution in [2.45, 2.75) is 6.42 Å². The molecule has 0 aliphatic heterocycles. The highest BCUT2D eigenvalue weighted by Crippen LogP contribution is 2.16. The highest BCUT2D eigenvalue weighted by Gasteiger charge is 2.12. The zero-order valence-electron chi connectivity index (χ0n) is 8.96. The van der Waals surface area contributed by atoms with Crippen LogP contribution in [0.1, 0.15) is 5.56 Å². The molecular formula is C12H12N2OS. The van der Waals surface area contributed by atoms with Gasteiger partial charge < -0.3 is 0 Å². The number of benzene rings is 1. The molecule has 0 aliphatic carbocycles. The zero-order chi connectivity index (χ0) is 11.4. The van der Waals surface area contributed by atoms with Gasteiger partial charge in [0.05, 0.1) is 6.42 Å². The highest BCUT2D eigenvalue weighted by molar-refractivity contribution is 7.13. The van der Waals surface area contributed by atoms with Crippen molar-refractivity contribution in [3.63, 3.8) is 0 Å². The molecule has 0 N–H and O–H groups in total. The van der Waals surface area contributed by atoms with Crippen LogP contribution in [0.5, 0.6) is 0 Å². The average Bonchev–Trinajstić information content (AvgIpc) is 2.83. The molecule has 0 saturated carbocycles. The van der Waals surface area contributed by atoms with Gasteiger partial charge in [0.15, 0.2) is 5.13 Å². The van der Waals surface area contributed by atoms with E-state index < -0.39 is 0 Å². The minimum atomic E-state index is 0.0566. The molecule has 1 aromatic carbocycles. The topological polar surface area (TPSA) is 33.2 Å². The van der Waals surface area contributed by atoms with E-state index in [9.17, 15) is 4.79 Å². The number of anilines is 1. The lowest BCUT2D eigenvalue weighted by atomic mass is 10.1. The fourth-order valence-corrected chi connectivity index (χ4v) is 2.00. The van der Waals surface area contributed by atoms with Crippen LogP contribution in [-0.4, -0.2) is 17.9 Å². The van der Waals surface area contributed by atoms with Gasteiger partial charge in [0.25, 0.3) is 0 Å². The Bertz CT molecular complexity index is 453. The van der Waals surface area contributed by atoms with E-state index in [-0.39, 0.29) is 5.91 Å². The highest BCUT2D eigenvalue weighted by atomic mass is 32.1. The van der Waals surface area contributed by atoms with E-state index in [0.717, 1.165) is 10.7 Å². The molecule has 3 nitrogen and oxygen atoms in total. The van der Waals surface area contributed by atoms with Crippen molar-refractivity contribution in [2.24, 2.45) is 0 Å². The standard InChI is InChI=1S/C12H12N2OS/c1-14(12-13-7-8-16-12)11(15)9-10-5-3-2-4-6-10/h2-8H,9H2,1H3. The Kier molecular flexibility index (Phi) is 3.31. The molecule has 0 spiro atoms. The lowest BCUT2D eigenvalue weighted by Gasteiger charge is -2.13. The van der Waals surface area contributed by atoms with Crippen LogP contribution in [0.25, 0.3) is 0 Å². The van der Waals surface area contributed by atoms with Gasteiger partial charge in [-0.2, -0.15) is 0 Å². The monoisotopic (exact) mass is 232 g/mol. The van der Waals surface area contributed by atoms with E-state index in [1.807, 2.05) is 35.7 Å². The van der Waals surface area contributed by atoms with Crippen LogP contribution < -0.4 is 4.90 Å². The minimum Gasteiger partial charge on any atom is -0.291 e. The van der Waals surface area contributed by atoms with Crippen molar-refractivity contribution >= 4 is 22.4 Å². The molecule has 4 heteroatoms. The summed E-state index contributed by atoms with van der Waals surface area (Å²) in [6, 6.07) is 9.72. The Morgan fingerprint density at radius 2 is 2.12 bits per heavy atom. The van der Waals surface area contributed by atoms with Gasteiger partial charge in [-0.05, 0) is 5.56 Å². The van der Waals surface area contributed by atoms with Crippen molar-refractivity contribution < 1.29 is 4.79 Å². The molecule has 0 radical (unpaired) electrons. The summed E-state index contributed by atoms with van der Waals surface area (Å²) in [5, 5.41) is 2.60. The number of hydrogen-bond acceptors (Lipinski definition) is 3. The second-order valence-electron chi connectivity index (χ2n) is 3.43. The number of likely N-dealkylation sites (N-methyl/N-ethyl adjacent to an activating group) is 1. The smallest absolute Gasteiger partial charge is 0.232 e. The average molecular weight is 232 g/mol. The van der Waals surface area contributed by atoms with Crippen LogP contribution in [0.2, 0.25) is 0 Å². The van der Waals surface area contributed by atoms with E-state index in [0.29, 0.717) is 6.42 Å². The number of rotatable bonds is 3. The van der Waals surface area contributed by atoms with Crippen molar-refractivity contribution in [3.05, 3.63) is 47.5 Å². The molecule has 82 valence electrons. The SMILES string of the molecule is CN(C(=O)Cc1ccccc1)c1nccs1. The summed E-state index contributed by atoms with van der Waals surface area (Å²) in [5.41, 5.74) is 1.02. The lowest BCUT2D eigenvalue weighted by molar-refractivity contribution is -0.117. The number of hydrogen-bond donors (Lipinski definition) is 0. The fraction of sp³-hybridized carbons (Fsp3) is 0.167. The molecule has 0 bridgehead atoms. The Morgan fingerprint density at radius 3 is 2.75 bits per heavy atom. The molecule has 1 heterocycles. The fourth-order valence-electron chi connectivity index (χ4n) is 1.38. The summed E-state index contributed by atoms with van der Waals surface area (Å²) in [4.78, 5) is 17.6. The van der Waals surface area contributed by atoms with Gasteiger partial charge in [-0.15, -0.1) is 11.3 Å². The summed E-state index contributed by atoms with van der Waals surface area (Å²) in [7, 11) is 1.75. The number of aromatic nitrogens is 1. The Labute approximate surface area is 98.4 Å². The third kappa shape index (κ3) is 2.46. The molecule has 2 aromatic rings. The Hall–Kier alpha value is -1.68. The maximum absolute atomic E-state index is 11.9. The van der Waals surface area contributed by atoms with Gasteiger partial charge in [-0.3, -0.25) is 9.69 Å². The number of carbonyl (C=O) groups excluding carboxylic acids is 1. The van der Waals surface area contributed by atoms with E-state index >= 15 is 0 Å². The van der Waals surface area contributed by atoms with Crippen LogP contribution >= 0.6 is 11.3 Å². The predicted molar refractivity (Wildman–Crippen MR) is 65.7 cm³/mol. The number of thiazole rings is 1. The van der Waals surface area contributed by atoms with E-state index in [4.69, 9.17) is 0 Å². The Balaban J connectivity index is 2.04. The first-order valence-electron chi connectivity index (χ1n) is 4.97. The molecule has 0 saturated heterocycles. The first kappa shape index (κ1) is 10.8. The van der Waals surface area contributed by atoms with E-state index in [2.05, 4.69) is 4.98 Å². The molecule has 0 aliphatic rings.